The second-order valence-corrected chi connectivity index (χ2v) is 12.8. The molecular weight excluding hydrogens is 609 g/mol. The predicted molar refractivity (Wildman–Crippen MR) is 210 cm³/mol. The lowest BCUT2D eigenvalue weighted by Gasteiger charge is -2.28. The van der Waals surface area contributed by atoms with Gasteiger partial charge in [0.15, 0.2) is 0 Å². The standard InChI is InChI=1S/C47H30N2O/c1-2-10-31(11-3-1)32-18-22-36(23-19-32)49(47-43-30-48-27-26-35(43)29-45-46(47)41-16-8-9-17-44(41)50-45)37-24-20-33(21-25-37)42-28-34-12-4-5-13-38(34)39-14-6-7-15-40(39)42/h1-30H. The Hall–Kier alpha value is -6.71. The number of nitrogens with zero attached hydrogens (tertiary/aromatic N) is 2. The first-order valence-electron chi connectivity index (χ1n) is 16.9. The number of hydrogen-bond acceptors (Lipinski definition) is 3. The van der Waals surface area contributed by atoms with Crippen molar-refractivity contribution in [3.63, 3.8) is 0 Å². The summed E-state index contributed by atoms with van der Waals surface area (Å²) in [5, 5.41) is 9.31. The first kappa shape index (κ1) is 28.3. The van der Waals surface area contributed by atoms with Crippen LogP contribution in [0.1, 0.15) is 0 Å². The smallest absolute Gasteiger partial charge is 0.138 e. The Morgan fingerprint density at radius 1 is 0.420 bits per heavy atom. The molecule has 10 aromatic rings. The van der Waals surface area contributed by atoms with Crippen molar-refractivity contribution in [1.29, 1.82) is 0 Å². The van der Waals surface area contributed by atoms with Crippen LogP contribution in [0.25, 0.3) is 76.5 Å². The zero-order valence-corrected chi connectivity index (χ0v) is 27.1. The van der Waals surface area contributed by atoms with Gasteiger partial charge in [-0.3, -0.25) is 4.98 Å². The zero-order chi connectivity index (χ0) is 33.0. The molecule has 0 atom stereocenters. The van der Waals surface area contributed by atoms with Crippen molar-refractivity contribution in [2.24, 2.45) is 0 Å². The van der Waals surface area contributed by atoms with Crippen LogP contribution in [-0.2, 0) is 0 Å². The lowest BCUT2D eigenvalue weighted by atomic mass is 9.93. The predicted octanol–water partition coefficient (Wildman–Crippen LogP) is 13.2. The Labute approximate surface area is 289 Å². The SMILES string of the molecule is c1ccc(-c2ccc(N(c3ccc(-c4cc5ccccc5c5ccccc45)cc3)c3c4cnccc4cc4oc5ccccc5c34)cc2)cc1. The molecule has 3 nitrogen and oxygen atoms in total. The van der Waals surface area contributed by atoms with Crippen LogP contribution in [-0.4, -0.2) is 4.98 Å². The normalized spacial score (nSPS) is 11.6. The van der Waals surface area contributed by atoms with Gasteiger partial charge in [-0.25, -0.2) is 0 Å². The molecule has 0 bridgehead atoms. The van der Waals surface area contributed by atoms with Gasteiger partial charge < -0.3 is 9.32 Å². The van der Waals surface area contributed by atoms with Crippen LogP contribution in [0, 0.1) is 0 Å². The van der Waals surface area contributed by atoms with Crippen molar-refractivity contribution < 1.29 is 4.42 Å². The van der Waals surface area contributed by atoms with E-state index in [1.54, 1.807) is 0 Å². The van der Waals surface area contributed by atoms with Gasteiger partial charge in [-0.05, 0) is 97.7 Å². The fraction of sp³-hybridized carbons (Fsp3) is 0. The molecule has 50 heavy (non-hydrogen) atoms. The highest BCUT2D eigenvalue weighted by Gasteiger charge is 2.23. The minimum Gasteiger partial charge on any atom is -0.456 e. The summed E-state index contributed by atoms with van der Waals surface area (Å²) < 4.78 is 6.51. The lowest BCUT2D eigenvalue weighted by Crippen LogP contribution is -2.11. The molecular formula is C47H30N2O. The lowest BCUT2D eigenvalue weighted by molar-refractivity contribution is 0.669. The highest BCUT2D eigenvalue weighted by atomic mass is 16.3. The number of aromatic nitrogens is 1. The first-order valence-corrected chi connectivity index (χ1v) is 16.9. The second kappa shape index (κ2) is 11.5. The molecule has 0 aliphatic rings. The molecule has 0 saturated carbocycles. The Bertz CT molecular complexity index is 2850. The van der Waals surface area contributed by atoms with E-state index in [-0.39, 0.29) is 0 Å². The maximum absolute atomic E-state index is 6.51. The Balaban J connectivity index is 1.21. The Morgan fingerprint density at radius 2 is 1.02 bits per heavy atom. The molecule has 3 heteroatoms. The first-order chi connectivity index (χ1) is 24.8. The molecule has 0 unspecified atom stereocenters. The molecule has 0 saturated heterocycles. The summed E-state index contributed by atoms with van der Waals surface area (Å²) in [4.78, 5) is 6.99. The van der Waals surface area contributed by atoms with Crippen molar-refractivity contribution in [2.75, 3.05) is 4.90 Å². The van der Waals surface area contributed by atoms with E-state index < -0.39 is 0 Å². The number of para-hydroxylation sites is 1. The molecule has 0 fully saturated rings. The third-order valence-electron chi connectivity index (χ3n) is 9.92. The van der Waals surface area contributed by atoms with Crippen LogP contribution in [0.4, 0.5) is 17.1 Å². The van der Waals surface area contributed by atoms with Gasteiger partial charge in [-0.2, -0.15) is 0 Å². The number of anilines is 3. The van der Waals surface area contributed by atoms with Crippen molar-refractivity contribution in [3.05, 3.63) is 182 Å². The maximum Gasteiger partial charge on any atom is 0.138 e. The van der Waals surface area contributed by atoms with Crippen LogP contribution < -0.4 is 4.90 Å². The number of pyridine rings is 1. The van der Waals surface area contributed by atoms with E-state index >= 15 is 0 Å². The van der Waals surface area contributed by atoms with Gasteiger partial charge in [0.05, 0.1) is 11.1 Å². The molecule has 0 spiro atoms. The van der Waals surface area contributed by atoms with Gasteiger partial charge in [-0.1, -0.05) is 121 Å². The van der Waals surface area contributed by atoms with E-state index in [1.165, 1.54) is 43.8 Å². The molecule has 2 heterocycles. The minimum atomic E-state index is 0.852. The highest BCUT2D eigenvalue weighted by molar-refractivity contribution is 6.21. The van der Waals surface area contributed by atoms with Crippen molar-refractivity contribution >= 4 is 71.3 Å². The van der Waals surface area contributed by atoms with E-state index in [2.05, 4.69) is 168 Å². The van der Waals surface area contributed by atoms with E-state index in [4.69, 9.17) is 4.42 Å². The summed E-state index contributed by atoms with van der Waals surface area (Å²) >= 11 is 0. The number of furan rings is 1. The van der Waals surface area contributed by atoms with E-state index in [0.29, 0.717) is 0 Å². The largest absolute Gasteiger partial charge is 0.456 e. The summed E-state index contributed by atoms with van der Waals surface area (Å²) in [5.41, 5.74) is 9.63. The summed E-state index contributed by atoms with van der Waals surface area (Å²) in [5.74, 6) is 0. The monoisotopic (exact) mass is 638 g/mol. The Kier molecular flexibility index (Phi) is 6.49. The van der Waals surface area contributed by atoms with Gasteiger partial charge in [0.25, 0.3) is 0 Å². The number of benzene rings is 8. The van der Waals surface area contributed by atoms with E-state index in [0.717, 1.165) is 49.8 Å². The van der Waals surface area contributed by atoms with Crippen LogP contribution >= 0.6 is 0 Å². The van der Waals surface area contributed by atoms with Crippen molar-refractivity contribution in [1.82, 2.24) is 4.98 Å². The summed E-state index contributed by atoms with van der Waals surface area (Å²) in [7, 11) is 0. The average molecular weight is 639 g/mol. The molecule has 0 aliphatic heterocycles. The van der Waals surface area contributed by atoms with Crippen LogP contribution in [0.5, 0.6) is 0 Å². The molecule has 0 N–H and O–H groups in total. The zero-order valence-electron chi connectivity index (χ0n) is 27.1. The second-order valence-electron chi connectivity index (χ2n) is 12.8. The Morgan fingerprint density at radius 3 is 1.80 bits per heavy atom. The molecule has 8 aromatic carbocycles. The van der Waals surface area contributed by atoms with Gasteiger partial charge in [0.1, 0.15) is 11.2 Å². The highest BCUT2D eigenvalue weighted by Crippen LogP contribution is 2.47. The van der Waals surface area contributed by atoms with Crippen LogP contribution in [0.2, 0.25) is 0 Å². The quantitative estimate of drug-likeness (QED) is 0.176. The minimum absolute atomic E-state index is 0.852. The third-order valence-corrected chi connectivity index (χ3v) is 9.92. The van der Waals surface area contributed by atoms with Crippen LogP contribution in [0.15, 0.2) is 187 Å². The van der Waals surface area contributed by atoms with Crippen molar-refractivity contribution in [2.45, 2.75) is 0 Å². The molecule has 2 aromatic heterocycles. The van der Waals surface area contributed by atoms with Gasteiger partial charge >= 0.3 is 0 Å². The molecule has 0 aliphatic carbocycles. The van der Waals surface area contributed by atoms with Crippen LogP contribution in [0.3, 0.4) is 0 Å². The third kappa shape index (κ3) is 4.56. The summed E-state index contributed by atoms with van der Waals surface area (Å²) in [6.45, 7) is 0. The van der Waals surface area contributed by atoms with Gasteiger partial charge in [0, 0.05) is 34.5 Å². The van der Waals surface area contributed by atoms with E-state index in [1.807, 2.05) is 24.5 Å². The molecule has 234 valence electrons. The van der Waals surface area contributed by atoms with Crippen molar-refractivity contribution in [3.8, 4) is 22.3 Å². The maximum atomic E-state index is 6.51. The number of hydrogen-bond donors (Lipinski definition) is 0. The van der Waals surface area contributed by atoms with E-state index in [9.17, 15) is 0 Å². The molecule has 0 amide bonds. The van der Waals surface area contributed by atoms with Gasteiger partial charge in [-0.15, -0.1) is 0 Å². The van der Waals surface area contributed by atoms with Gasteiger partial charge in [0.2, 0.25) is 0 Å². The summed E-state index contributed by atoms with van der Waals surface area (Å²) in [6, 6.07) is 60.6. The number of rotatable bonds is 5. The average Bonchev–Trinajstić information content (AvgIpc) is 3.56. The fourth-order valence-corrected chi connectivity index (χ4v) is 7.57. The molecule has 0 radical (unpaired) electrons. The molecule has 10 rings (SSSR count). The number of fused-ring (bicyclic) bond motifs is 7. The topological polar surface area (TPSA) is 29.3 Å². The summed E-state index contributed by atoms with van der Waals surface area (Å²) in [6.07, 6.45) is 3.83. The fourth-order valence-electron chi connectivity index (χ4n) is 7.57.